The number of rotatable bonds is 7. The second kappa shape index (κ2) is 8.22. The van der Waals surface area contributed by atoms with Crippen molar-refractivity contribution < 1.29 is 9.26 Å². The fourth-order valence-corrected chi connectivity index (χ4v) is 3.80. The van der Waals surface area contributed by atoms with Gasteiger partial charge >= 0.3 is 0 Å². The molecule has 0 aliphatic heterocycles. The van der Waals surface area contributed by atoms with Crippen molar-refractivity contribution in [1.82, 2.24) is 14.5 Å². The molecular weight excluding hydrogens is 376 g/mol. The van der Waals surface area contributed by atoms with E-state index in [1.807, 2.05) is 26.0 Å². The highest BCUT2D eigenvalue weighted by Crippen LogP contribution is 2.30. The van der Waals surface area contributed by atoms with Gasteiger partial charge in [-0.05, 0) is 75.9 Å². The average molecular weight is 405 g/mol. The van der Waals surface area contributed by atoms with Gasteiger partial charge in [0.05, 0.1) is 18.5 Å². The number of nitrogens with zero attached hydrogens (tertiary/aromatic N) is 3. The number of hydrogen-bond donors (Lipinski definition) is 1. The predicted molar refractivity (Wildman–Crippen MR) is 119 cm³/mol. The lowest BCUT2D eigenvalue weighted by molar-refractivity contribution is 0.393. The molecule has 0 bridgehead atoms. The molecule has 0 amide bonds. The Balaban J connectivity index is 1.68. The number of methoxy groups -OCH3 is 1. The molecule has 6 heteroatoms. The molecule has 0 spiro atoms. The highest BCUT2D eigenvalue weighted by Gasteiger charge is 2.16. The van der Waals surface area contributed by atoms with E-state index in [0.717, 1.165) is 58.3 Å². The van der Waals surface area contributed by atoms with Crippen molar-refractivity contribution in [3.8, 4) is 16.9 Å². The first kappa shape index (κ1) is 20.0. The Morgan fingerprint density at radius 2 is 1.87 bits per heavy atom. The first-order valence-corrected chi connectivity index (χ1v) is 10.3. The summed E-state index contributed by atoms with van der Waals surface area (Å²) in [5.41, 5.74) is 6.25. The predicted octanol–water partition coefficient (Wildman–Crippen LogP) is 5.22. The Labute approximate surface area is 176 Å². The van der Waals surface area contributed by atoms with Crippen molar-refractivity contribution in [3.63, 3.8) is 0 Å². The van der Waals surface area contributed by atoms with E-state index in [-0.39, 0.29) is 0 Å². The molecule has 0 aliphatic carbocycles. The summed E-state index contributed by atoms with van der Waals surface area (Å²) in [7, 11) is 1.69. The number of benzene rings is 1. The van der Waals surface area contributed by atoms with Gasteiger partial charge in [0.1, 0.15) is 23.0 Å². The second-order valence-corrected chi connectivity index (χ2v) is 7.90. The summed E-state index contributed by atoms with van der Waals surface area (Å²) < 4.78 is 12.7. The number of pyridine rings is 1. The fraction of sp³-hybridized carbons (Fsp3) is 0.333. The molecule has 6 nitrogen and oxygen atoms in total. The summed E-state index contributed by atoms with van der Waals surface area (Å²) in [6.07, 6.45) is 3.84. The van der Waals surface area contributed by atoms with E-state index < -0.39 is 0 Å². The normalized spacial score (nSPS) is 11.4. The van der Waals surface area contributed by atoms with E-state index in [1.54, 1.807) is 7.11 Å². The van der Waals surface area contributed by atoms with Gasteiger partial charge in [0, 0.05) is 17.8 Å². The van der Waals surface area contributed by atoms with Crippen LogP contribution in [0.5, 0.6) is 5.75 Å². The van der Waals surface area contributed by atoms with E-state index in [2.05, 4.69) is 59.2 Å². The van der Waals surface area contributed by atoms with Gasteiger partial charge in [0.15, 0.2) is 0 Å². The molecule has 4 aromatic rings. The molecular formula is C24H28N4O2. The maximum absolute atomic E-state index is 5.35. The van der Waals surface area contributed by atoms with Gasteiger partial charge in [-0.1, -0.05) is 17.3 Å². The fourth-order valence-electron chi connectivity index (χ4n) is 3.80. The van der Waals surface area contributed by atoms with Gasteiger partial charge in [-0.3, -0.25) is 4.40 Å². The van der Waals surface area contributed by atoms with Crippen LogP contribution >= 0.6 is 0 Å². The van der Waals surface area contributed by atoms with Crippen LogP contribution in [0.1, 0.15) is 36.6 Å². The van der Waals surface area contributed by atoms with Crippen LogP contribution in [0.15, 0.2) is 47.1 Å². The number of fused-ring (bicyclic) bond motifs is 1. The molecule has 1 N–H and O–H groups in total. The molecule has 0 fully saturated rings. The number of anilines is 1. The SMILES string of the molecule is COc1ccc(CCc2nc3cc(-c4c(C)noc4C)ccn3c2NC(C)C)cc1. The Hall–Kier alpha value is -3.28. The van der Waals surface area contributed by atoms with Crippen molar-refractivity contribution in [2.24, 2.45) is 0 Å². The molecule has 3 aromatic heterocycles. The minimum absolute atomic E-state index is 0.312. The minimum Gasteiger partial charge on any atom is -0.497 e. The van der Waals surface area contributed by atoms with E-state index in [1.165, 1.54) is 5.56 Å². The van der Waals surface area contributed by atoms with Gasteiger partial charge in [0.25, 0.3) is 0 Å². The third kappa shape index (κ3) is 3.90. The first-order chi connectivity index (χ1) is 14.5. The monoisotopic (exact) mass is 404 g/mol. The second-order valence-electron chi connectivity index (χ2n) is 7.90. The summed E-state index contributed by atoms with van der Waals surface area (Å²) in [4.78, 5) is 4.97. The van der Waals surface area contributed by atoms with E-state index >= 15 is 0 Å². The maximum Gasteiger partial charge on any atom is 0.141 e. The van der Waals surface area contributed by atoms with Crippen LogP contribution in [0.25, 0.3) is 16.8 Å². The van der Waals surface area contributed by atoms with Crippen LogP contribution in [-0.2, 0) is 12.8 Å². The summed E-state index contributed by atoms with van der Waals surface area (Å²) in [5.74, 6) is 2.75. The Bertz CT molecular complexity index is 1140. The van der Waals surface area contributed by atoms with Crippen LogP contribution in [0.2, 0.25) is 0 Å². The van der Waals surface area contributed by atoms with Gasteiger partial charge in [-0.15, -0.1) is 0 Å². The summed E-state index contributed by atoms with van der Waals surface area (Å²) in [6, 6.07) is 12.7. The smallest absolute Gasteiger partial charge is 0.141 e. The van der Waals surface area contributed by atoms with Crippen molar-refractivity contribution in [2.45, 2.75) is 46.6 Å². The lowest BCUT2D eigenvalue weighted by Gasteiger charge is -2.12. The van der Waals surface area contributed by atoms with E-state index in [0.29, 0.717) is 6.04 Å². The van der Waals surface area contributed by atoms with Gasteiger partial charge in [-0.2, -0.15) is 0 Å². The first-order valence-electron chi connectivity index (χ1n) is 10.3. The summed E-state index contributed by atoms with van der Waals surface area (Å²) >= 11 is 0. The zero-order valence-electron chi connectivity index (χ0n) is 18.2. The van der Waals surface area contributed by atoms with Gasteiger partial charge in [0.2, 0.25) is 0 Å². The van der Waals surface area contributed by atoms with Crippen LogP contribution in [0, 0.1) is 13.8 Å². The minimum atomic E-state index is 0.312. The van der Waals surface area contributed by atoms with Crippen molar-refractivity contribution in [3.05, 3.63) is 65.3 Å². The lowest BCUT2D eigenvalue weighted by Crippen LogP contribution is -2.13. The maximum atomic E-state index is 5.35. The number of nitrogens with one attached hydrogen (secondary N) is 1. The number of aromatic nitrogens is 3. The van der Waals surface area contributed by atoms with Gasteiger partial charge < -0.3 is 14.6 Å². The van der Waals surface area contributed by atoms with Crippen LogP contribution < -0.4 is 10.1 Å². The van der Waals surface area contributed by atoms with E-state index in [9.17, 15) is 0 Å². The molecule has 1 aromatic carbocycles. The molecule has 0 unspecified atom stereocenters. The molecule has 0 radical (unpaired) electrons. The van der Waals surface area contributed by atoms with Crippen molar-refractivity contribution >= 4 is 11.5 Å². The molecule has 0 atom stereocenters. The Kier molecular flexibility index (Phi) is 5.48. The average Bonchev–Trinajstić information content (AvgIpc) is 3.25. The molecule has 0 aliphatic rings. The van der Waals surface area contributed by atoms with Crippen LogP contribution in [0.3, 0.4) is 0 Å². The Morgan fingerprint density at radius 3 is 2.50 bits per heavy atom. The largest absolute Gasteiger partial charge is 0.497 e. The standard InChI is InChI=1S/C24H28N4O2/c1-15(2)25-24-21(11-8-18-6-9-20(29-5)10-7-18)26-22-14-19(12-13-28(22)24)23-16(3)27-30-17(23)4/h6-7,9-10,12-15,25H,8,11H2,1-5H3. The molecule has 0 saturated carbocycles. The molecule has 3 heterocycles. The van der Waals surface area contributed by atoms with Crippen molar-refractivity contribution in [2.75, 3.05) is 12.4 Å². The zero-order valence-corrected chi connectivity index (χ0v) is 18.2. The summed E-state index contributed by atoms with van der Waals surface area (Å²) in [5, 5.41) is 7.66. The van der Waals surface area contributed by atoms with Crippen LogP contribution in [0.4, 0.5) is 5.82 Å². The third-order valence-corrected chi connectivity index (χ3v) is 5.26. The highest BCUT2D eigenvalue weighted by atomic mass is 16.5. The Morgan fingerprint density at radius 1 is 1.10 bits per heavy atom. The van der Waals surface area contributed by atoms with Crippen LogP contribution in [-0.4, -0.2) is 27.7 Å². The van der Waals surface area contributed by atoms with Crippen molar-refractivity contribution in [1.29, 1.82) is 0 Å². The molecule has 4 rings (SSSR count). The van der Waals surface area contributed by atoms with Gasteiger partial charge in [-0.25, -0.2) is 4.98 Å². The lowest BCUT2D eigenvalue weighted by atomic mass is 10.1. The van der Waals surface area contributed by atoms with E-state index in [4.69, 9.17) is 14.2 Å². The zero-order chi connectivity index (χ0) is 21.3. The number of imidazole rings is 1. The quantitative estimate of drug-likeness (QED) is 0.457. The molecule has 30 heavy (non-hydrogen) atoms. The number of hydrogen-bond acceptors (Lipinski definition) is 5. The highest BCUT2D eigenvalue weighted by molar-refractivity contribution is 5.72. The number of aryl methyl sites for hydroxylation is 4. The third-order valence-electron chi connectivity index (χ3n) is 5.26. The number of ether oxygens (including phenoxy) is 1. The molecule has 0 saturated heterocycles. The molecule has 156 valence electrons. The summed E-state index contributed by atoms with van der Waals surface area (Å²) in [6.45, 7) is 8.19. The topological polar surface area (TPSA) is 64.6 Å².